The van der Waals surface area contributed by atoms with E-state index in [1.807, 2.05) is 30.3 Å². The molecule has 0 unspecified atom stereocenters. The van der Waals surface area contributed by atoms with Crippen molar-refractivity contribution in [1.82, 2.24) is 0 Å². The fourth-order valence-corrected chi connectivity index (χ4v) is 1.75. The number of hydrogen-bond donors (Lipinski definition) is 1. The van der Waals surface area contributed by atoms with Crippen LogP contribution in [-0.4, -0.2) is 12.4 Å². The second-order valence-corrected chi connectivity index (χ2v) is 4.46. The number of aldehydes is 1. The van der Waals surface area contributed by atoms with Gasteiger partial charge in [-0.05, 0) is 18.6 Å². The van der Waals surface area contributed by atoms with Gasteiger partial charge in [-0.15, -0.1) is 0 Å². The quantitative estimate of drug-likeness (QED) is 0.387. The van der Waals surface area contributed by atoms with Crippen molar-refractivity contribution in [1.29, 1.82) is 0 Å². The van der Waals surface area contributed by atoms with Gasteiger partial charge in [-0.25, -0.2) is 0 Å². The molecule has 100 valence electrons. The second-order valence-electron chi connectivity index (χ2n) is 4.46. The third kappa shape index (κ3) is 6.40. The number of carbonyl (C=O) groups excluding carboxylic acids is 1. The van der Waals surface area contributed by atoms with E-state index < -0.39 is 0 Å². The number of hydrogen-bond acceptors (Lipinski definition) is 3. The molecule has 0 aliphatic heterocycles. The molecule has 1 atom stereocenters. The zero-order valence-corrected chi connectivity index (χ0v) is 11.1. The molecule has 0 aromatic heterocycles. The first-order valence-electron chi connectivity index (χ1n) is 6.78. The van der Waals surface area contributed by atoms with Crippen LogP contribution in [0.2, 0.25) is 0 Å². The Morgan fingerprint density at radius 2 is 1.89 bits per heavy atom. The highest BCUT2D eigenvalue weighted by molar-refractivity contribution is 5.56. The van der Waals surface area contributed by atoms with E-state index in [4.69, 9.17) is 4.84 Å². The van der Waals surface area contributed by atoms with E-state index in [0.717, 1.165) is 24.8 Å². The summed E-state index contributed by atoms with van der Waals surface area (Å²) in [7, 11) is 0. The molecule has 1 aromatic rings. The van der Waals surface area contributed by atoms with Crippen LogP contribution < -0.4 is 5.48 Å². The van der Waals surface area contributed by atoms with E-state index in [9.17, 15) is 4.79 Å². The van der Waals surface area contributed by atoms with Gasteiger partial charge in [0.2, 0.25) is 0 Å². The van der Waals surface area contributed by atoms with Gasteiger partial charge in [-0.1, -0.05) is 57.2 Å². The predicted octanol–water partition coefficient (Wildman–Crippen LogP) is 3.96. The van der Waals surface area contributed by atoms with E-state index in [0.29, 0.717) is 0 Å². The summed E-state index contributed by atoms with van der Waals surface area (Å²) in [5.41, 5.74) is 3.69. The van der Waals surface area contributed by atoms with Crippen LogP contribution in [0.3, 0.4) is 0 Å². The normalized spacial score (nSPS) is 12.1. The Morgan fingerprint density at radius 3 is 2.56 bits per heavy atom. The van der Waals surface area contributed by atoms with Crippen molar-refractivity contribution in [3.8, 4) is 0 Å². The molecule has 0 aliphatic carbocycles. The molecule has 0 radical (unpaired) electrons. The smallest absolute Gasteiger partial charge is 0.151 e. The van der Waals surface area contributed by atoms with Gasteiger partial charge in [0.05, 0.1) is 5.69 Å². The molecule has 0 amide bonds. The molecule has 0 aliphatic rings. The van der Waals surface area contributed by atoms with Crippen molar-refractivity contribution in [2.75, 3.05) is 5.48 Å². The highest BCUT2D eigenvalue weighted by atomic mass is 16.7. The molecule has 0 saturated heterocycles. The molecule has 0 heterocycles. The van der Waals surface area contributed by atoms with Crippen molar-refractivity contribution >= 4 is 12.0 Å². The van der Waals surface area contributed by atoms with Crippen LogP contribution in [0.25, 0.3) is 0 Å². The Balaban J connectivity index is 2.15. The van der Waals surface area contributed by atoms with Crippen LogP contribution >= 0.6 is 0 Å². The minimum Gasteiger partial charge on any atom is -0.300 e. The molecule has 1 rings (SSSR count). The lowest BCUT2D eigenvalue weighted by Crippen LogP contribution is -2.18. The molecule has 3 nitrogen and oxygen atoms in total. The van der Waals surface area contributed by atoms with Crippen molar-refractivity contribution in [2.24, 2.45) is 0 Å². The van der Waals surface area contributed by atoms with Crippen molar-refractivity contribution in [3.05, 3.63) is 30.3 Å². The Kier molecular flexibility index (Phi) is 7.89. The summed E-state index contributed by atoms with van der Waals surface area (Å²) in [4.78, 5) is 16.2. The Bertz CT molecular complexity index is 314. The number of nitrogens with one attached hydrogen (secondary N) is 1. The number of anilines is 1. The van der Waals surface area contributed by atoms with Gasteiger partial charge in [0.1, 0.15) is 6.10 Å². The summed E-state index contributed by atoms with van der Waals surface area (Å²) < 4.78 is 0. The fourth-order valence-electron chi connectivity index (χ4n) is 1.75. The molecule has 1 aromatic carbocycles. The van der Waals surface area contributed by atoms with Crippen LogP contribution in [0.4, 0.5) is 5.69 Å². The first-order chi connectivity index (χ1) is 8.86. The van der Waals surface area contributed by atoms with Crippen LogP contribution in [0, 0.1) is 0 Å². The van der Waals surface area contributed by atoms with Crippen molar-refractivity contribution < 1.29 is 9.63 Å². The predicted molar refractivity (Wildman–Crippen MR) is 74.4 cm³/mol. The molecule has 1 N–H and O–H groups in total. The number of carbonyl (C=O) groups is 1. The SMILES string of the molecule is CCCCCCC[C@H](C=O)ONc1ccccc1. The summed E-state index contributed by atoms with van der Waals surface area (Å²) in [6.07, 6.45) is 7.27. The summed E-state index contributed by atoms with van der Waals surface area (Å²) in [5, 5.41) is 0. The standard InChI is InChI=1S/C15H23NO2/c1-2-3-4-5-9-12-15(13-17)18-16-14-10-7-6-8-11-14/h6-8,10-11,13,15-16H,2-5,9,12H2,1H3/t15-/m1/s1. The average molecular weight is 249 g/mol. The highest BCUT2D eigenvalue weighted by Crippen LogP contribution is 2.10. The largest absolute Gasteiger partial charge is 0.300 e. The van der Waals surface area contributed by atoms with E-state index >= 15 is 0 Å². The van der Waals surface area contributed by atoms with Crippen LogP contribution in [0.5, 0.6) is 0 Å². The second kappa shape index (κ2) is 9.66. The third-order valence-corrected chi connectivity index (χ3v) is 2.85. The number of rotatable bonds is 10. The monoisotopic (exact) mass is 249 g/mol. The molecule has 18 heavy (non-hydrogen) atoms. The van der Waals surface area contributed by atoms with Gasteiger partial charge in [-0.2, -0.15) is 0 Å². The first kappa shape index (κ1) is 14.7. The zero-order valence-electron chi connectivity index (χ0n) is 11.1. The van der Waals surface area contributed by atoms with Crippen LogP contribution in [0.15, 0.2) is 30.3 Å². The van der Waals surface area contributed by atoms with Gasteiger partial charge in [0.15, 0.2) is 6.29 Å². The van der Waals surface area contributed by atoms with Crippen LogP contribution in [0.1, 0.15) is 45.4 Å². The maximum absolute atomic E-state index is 10.9. The van der Waals surface area contributed by atoms with E-state index in [1.54, 1.807) is 0 Å². The van der Waals surface area contributed by atoms with Crippen molar-refractivity contribution in [3.63, 3.8) is 0 Å². The van der Waals surface area contributed by atoms with Gasteiger partial charge in [0.25, 0.3) is 0 Å². The maximum Gasteiger partial charge on any atom is 0.151 e. The fraction of sp³-hybridized carbons (Fsp3) is 0.533. The lowest BCUT2D eigenvalue weighted by Gasteiger charge is -2.12. The number of benzene rings is 1. The molecular weight excluding hydrogens is 226 g/mol. The number of para-hydroxylation sites is 1. The molecule has 0 fully saturated rings. The minimum atomic E-state index is -0.355. The zero-order chi connectivity index (χ0) is 13.1. The Morgan fingerprint density at radius 1 is 1.17 bits per heavy atom. The lowest BCUT2D eigenvalue weighted by atomic mass is 10.1. The van der Waals surface area contributed by atoms with E-state index in [1.165, 1.54) is 25.7 Å². The van der Waals surface area contributed by atoms with Gasteiger partial charge >= 0.3 is 0 Å². The van der Waals surface area contributed by atoms with E-state index in [-0.39, 0.29) is 6.10 Å². The Hall–Kier alpha value is -1.35. The molecule has 0 bridgehead atoms. The number of unbranched alkanes of at least 4 members (excludes halogenated alkanes) is 4. The maximum atomic E-state index is 10.9. The van der Waals surface area contributed by atoms with Crippen molar-refractivity contribution in [2.45, 2.75) is 51.6 Å². The molecule has 0 saturated carbocycles. The summed E-state index contributed by atoms with van der Waals surface area (Å²) in [6, 6.07) is 9.60. The molecular formula is C15H23NO2. The van der Waals surface area contributed by atoms with Gasteiger partial charge in [0, 0.05) is 0 Å². The highest BCUT2D eigenvalue weighted by Gasteiger charge is 2.07. The molecule has 3 heteroatoms. The third-order valence-electron chi connectivity index (χ3n) is 2.85. The van der Waals surface area contributed by atoms with E-state index in [2.05, 4.69) is 12.4 Å². The summed E-state index contributed by atoms with van der Waals surface area (Å²) in [5.74, 6) is 0. The first-order valence-corrected chi connectivity index (χ1v) is 6.78. The minimum absolute atomic E-state index is 0.355. The Labute approximate surface area is 109 Å². The average Bonchev–Trinajstić information content (AvgIpc) is 2.43. The van der Waals surface area contributed by atoms with Crippen LogP contribution in [-0.2, 0) is 9.63 Å². The summed E-state index contributed by atoms with van der Waals surface area (Å²) >= 11 is 0. The lowest BCUT2D eigenvalue weighted by molar-refractivity contribution is -0.116. The molecule has 0 spiro atoms. The van der Waals surface area contributed by atoms with Gasteiger partial charge < -0.3 is 4.79 Å². The summed E-state index contributed by atoms with van der Waals surface area (Å²) in [6.45, 7) is 2.20. The van der Waals surface area contributed by atoms with Gasteiger partial charge in [-0.3, -0.25) is 10.3 Å². The topological polar surface area (TPSA) is 38.3 Å².